The Morgan fingerprint density at radius 1 is 0.970 bits per heavy atom. The van der Waals surface area contributed by atoms with Crippen molar-refractivity contribution < 1.29 is 9.59 Å². The maximum Gasteiger partial charge on any atom is 0.333 e. The standard InChI is InChI=1S/C26H17ClN4O2/c27-20-9-11-21(12-10-20)31-25(32)23(29-26(31)33)13-19-16-30(24-8-4-3-7-22(19)24)15-18-6-2-1-5-17(18)14-28/h1-13,16H,15H2,(H,29,33). The van der Waals surface area contributed by atoms with Crippen molar-refractivity contribution >= 4 is 46.2 Å². The van der Waals surface area contributed by atoms with Gasteiger partial charge in [0.1, 0.15) is 5.70 Å². The van der Waals surface area contributed by atoms with Crippen LogP contribution in [0.15, 0.2) is 84.7 Å². The second kappa shape index (κ2) is 8.30. The number of carbonyl (C=O) groups is 2. The summed E-state index contributed by atoms with van der Waals surface area (Å²) in [6, 6.07) is 23.5. The molecule has 1 N–H and O–H groups in total. The van der Waals surface area contributed by atoms with Crippen LogP contribution in [0.2, 0.25) is 5.02 Å². The number of rotatable bonds is 4. The summed E-state index contributed by atoms with van der Waals surface area (Å²) in [5.74, 6) is -0.436. The number of aromatic nitrogens is 1. The monoisotopic (exact) mass is 452 g/mol. The zero-order valence-electron chi connectivity index (χ0n) is 17.3. The molecule has 7 heteroatoms. The molecule has 1 aromatic heterocycles. The van der Waals surface area contributed by atoms with Gasteiger partial charge in [-0.3, -0.25) is 4.79 Å². The molecule has 33 heavy (non-hydrogen) atoms. The Morgan fingerprint density at radius 2 is 1.70 bits per heavy atom. The maximum atomic E-state index is 13.0. The van der Waals surface area contributed by atoms with Gasteiger partial charge in [-0.05, 0) is 48.0 Å². The molecule has 0 spiro atoms. The fraction of sp³-hybridized carbons (Fsp3) is 0.0385. The van der Waals surface area contributed by atoms with Gasteiger partial charge in [-0.25, -0.2) is 9.69 Å². The molecule has 3 aromatic carbocycles. The first-order valence-corrected chi connectivity index (χ1v) is 10.6. The van der Waals surface area contributed by atoms with Crippen LogP contribution in [0.4, 0.5) is 10.5 Å². The van der Waals surface area contributed by atoms with E-state index < -0.39 is 11.9 Å². The van der Waals surface area contributed by atoms with E-state index in [-0.39, 0.29) is 5.70 Å². The number of fused-ring (bicyclic) bond motifs is 1. The summed E-state index contributed by atoms with van der Waals surface area (Å²) in [5.41, 5.74) is 3.91. The van der Waals surface area contributed by atoms with Gasteiger partial charge in [0.25, 0.3) is 5.91 Å². The number of urea groups is 1. The number of nitrogens with zero attached hydrogens (tertiary/aromatic N) is 3. The van der Waals surface area contributed by atoms with Crippen LogP contribution >= 0.6 is 11.6 Å². The minimum atomic E-state index is -0.514. The molecule has 1 aliphatic heterocycles. The molecule has 1 saturated heterocycles. The molecule has 0 bridgehead atoms. The summed E-state index contributed by atoms with van der Waals surface area (Å²) in [6.45, 7) is 0.505. The number of carbonyl (C=O) groups excluding carboxylic acids is 2. The second-order valence-electron chi connectivity index (χ2n) is 7.60. The van der Waals surface area contributed by atoms with E-state index in [4.69, 9.17) is 11.6 Å². The summed E-state index contributed by atoms with van der Waals surface area (Å²) in [4.78, 5) is 26.6. The van der Waals surface area contributed by atoms with Crippen LogP contribution in [0.1, 0.15) is 16.7 Å². The summed E-state index contributed by atoms with van der Waals surface area (Å²) in [6.07, 6.45) is 3.61. The lowest BCUT2D eigenvalue weighted by Crippen LogP contribution is -2.30. The average molecular weight is 453 g/mol. The van der Waals surface area contributed by atoms with Gasteiger partial charge in [0.05, 0.1) is 17.3 Å². The Morgan fingerprint density at radius 3 is 2.48 bits per heavy atom. The molecule has 0 radical (unpaired) electrons. The third-order valence-corrected chi connectivity index (χ3v) is 5.81. The molecular weight excluding hydrogens is 436 g/mol. The van der Waals surface area contributed by atoms with Gasteiger partial charge in [0, 0.05) is 34.2 Å². The number of hydrogen-bond donors (Lipinski definition) is 1. The lowest BCUT2D eigenvalue weighted by Gasteiger charge is -2.11. The Labute approximate surface area is 194 Å². The van der Waals surface area contributed by atoms with Crippen LogP contribution in [0, 0.1) is 11.3 Å². The van der Waals surface area contributed by atoms with Crippen LogP contribution in [-0.2, 0) is 11.3 Å². The van der Waals surface area contributed by atoms with E-state index in [1.54, 1.807) is 36.4 Å². The molecule has 160 valence electrons. The number of benzene rings is 3. The number of nitriles is 1. The highest BCUT2D eigenvalue weighted by Gasteiger charge is 2.35. The van der Waals surface area contributed by atoms with E-state index in [2.05, 4.69) is 11.4 Å². The van der Waals surface area contributed by atoms with Crippen molar-refractivity contribution in [2.45, 2.75) is 6.54 Å². The van der Waals surface area contributed by atoms with Crippen molar-refractivity contribution in [1.82, 2.24) is 9.88 Å². The lowest BCUT2D eigenvalue weighted by atomic mass is 10.1. The first-order valence-electron chi connectivity index (χ1n) is 10.2. The van der Waals surface area contributed by atoms with E-state index >= 15 is 0 Å². The largest absolute Gasteiger partial charge is 0.342 e. The normalized spacial score (nSPS) is 14.7. The zero-order chi connectivity index (χ0) is 22.9. The average Bonchev–Trinajstić information content (AvgIpc) is 3.31. The quantitative estimate of drug-likeness (QED) is 0.336. The molecule has 1 aliphatic rings. The summed E-state index contributed by atoms with van der Waals surface area (Å²) < 4.78 is 2.04. The highest BCUT2D eigenvalue weighted by molar-refractivity contribution is 6.31. The molecule has 6 nitrogen and oxygen atoms in total. The van der Waals surface area contributed by atoms with Crippen molar-refractivity contribution in [3.05, 3.63) is 106 Å². The SMILES string of the molecule is N#Cc1ccccc1Cn1cc(C=C2NC(=O)N(c3ccc(Cl)cc3)C2=O)c2ccccc21. The van der Waals surface area contributed by atoms with Crippen molar-refractivity contribution in [3.63, 3.8) is 0 Å². The van der Waals surface area contributed by atoms with Crippen molar-refractivity contribution in [3.8, 4) is 6.07 Å². The van der Waals surface area contributed by atoms with Gasteiger partial charge in [-0.2, -0.15) is 5.26 Å². The second-order valence-corrected chi connectivity index (χ2v) is 8.04. The minimum Gasteiger partial charge on any atom is -0.342 e. The Kier molecular flexibility index (Phi) is 5.17. The molecule has 0 atom stereocenters. The van der Waals surface area contributed by atoms with Gasteiger partial charge < -0.3 is 9.88 Å². The van der Waals surface area contributed by atoms with E-state index in [0.717, 1.165) is 26.9 Å². The predicted molar refractivity (Wildman–Crippen MR) is 128 cm³/mol. The summed E-state index contributed by atoms with van der Waals surface area (Å²) >= 11 is 5.93. The number of anilines is 1. The van der Waals surface area contributed by atoms with Crippen LogP contribution in [0.3, 0.4) is 0 Å². The van der Waals surface area contributed by atoms with Gasteiger partial charge in [-0.15, -0.1) is 0 Å². The molecule has 0 unspecified atom stereocenters. The first kappa shape index (κ1) is 20.6. The van der Waals surface area contributed by atoms with E-state index in [1.807, 2.05) is 53.2 Å². The predicted octanol–water partition coefficient (Wildman–Crippen LogP) is 5.31. The van der Waals surface area contributed by atoms with Crippen LogP contribution in [-0.4, -0.2) is 16.5 Å². The molecule has 0 aliphatic carbocycles. The zero-order valence-corrected chi connectivity index (χ0v) is 18.1. The fourth-order valence-electron chi connectivity index (χ4n) is 3.99. The maximum absolute atomic E-state index is 13.0. The van der Waals surface area contributed by atoms with Gasteiger partial charge in [0.2, 0.25) is 0 Å². The van der Waals surface area contributed by atoms with E-state index in [0.29, 0.717) is 22.8 Å². The van der Waals surface area contributed by atoms with Crippen molar-refractivity contribution in [2.75, 3.05) is 4.90 Å². The highest BCUT2D eigenvalue weighted by Crippen LogP contribution is 2.28. The van der Waals surface area contributed by atoms with E-state index in [1.165, 1.54) is 0 Å². The molecule has 0 saturated carbocycles. The third kappa shape index (κ3) is 3.75. The van der Waals surface area contributed by atoms with Crippen molar-refractivity contribution in [1.29, 1.82) is 5.26 Å². The van der Waals surface area contributed by atoms with Crippen LogP contribution in [0.25, 0.3) is 17.0 Å². The molecule has 2 heterocycles. The fourth-order valence-corrected chi connectivity index (χ4v) is 4.11. The third-order valence-electron chi connectivity index (χ3n) is 5.56. The van der Waals surface area contributed by atoms with Crippen LogP contribution in [0.5, 0.6) is 0 Å². The molecule has 3 amide bonds. The Bertz CT molecular complexity index is 1480. The molecule has 1 fully saturated rings. The summed E-state index contributed by atoms with van der Waals surface area (Å²) in [7, 11) is 0. The summed E-state index contributed by atoms with van der Waals surface area (Å²) in [5, 5.41) is 13.6. The van der Waals surface area contributed by atoms with Gasteiger partial charge in [-0.1, -0.05) is 48.0 Å². The minimum absolute atomic E-state index is 0.190. The van der Waals surface area contributed by atoms with Crippen LogP contribution < -0.4 is 10.2 Å². The number of imide groups is 1. The topological polar surface area (TPSA) is 78.1 Å². The Hall–Kier alpha value is -4.34. The number of hydrogen-bond acceptors (Lipinski definition) is 3. The van der Waals surface area contributed by atoms with Gasteiger partial charge in [0.15, 0.2) is 0 Å². The first-order chi connectivity index (χ1) is 16.0. The number of halogens is 1. The lowest BCUT2D eigenvalue weighted by molar-refractivity contribution is -0.113. The smallest absolute Gasteiger partial charge is 0.333 e. The van der Waals surface area contributed by atoms with Gasteiger partial charge >= 0.3 is 6.03 Å². The van der Waals surface area contributed by atoms with Crippen molar-refractivity contribution in [2.24, 2.45) is 0 Å². The number of para-hydroxylation sites is 1. The number of nitrogens with one attached hydrogen (secondary N) is 1. The molecule has 5 rings (SSSR count). The Balaban J connectivity index is 1.53. The highest BCUT2D eigenvalue weighted by atomic mass is 35.5. The molecular formula is C26H17ClN4O2. The molecule has 4 aromatic rings. The van der Waals surface area contributed by atoms with E-state index in [9.17, 15) is 14.9 Å². The number of amides is 3.